The number of allylic oxidation sites excluding steroid dienone is 1. The van der Waals surface area contributed by atoms with E-state index in [1.165, 1.54) is 0 Å². The van der Waals surface area contributed by atoms with Gasteiger partial charge in [0, 0.05) is 12.4 Å². The molecule has 5 nitrogen and oxygen atoms in total. The Kier molecular flexibility index (Phi) is 4.14. The van der Waals surface area contributed by atoms with Crippen LogP contribution in [-0.2, 0) is 14.2 Å². The molecule has 1 aliphatic carbocycles. The Hall–Kier alpha value is -1.24. The van der Waals surface area contributed by atoms with Crippen molar-refractivity contribution >= 4 is 17.4 Å². The highest BCUT2D eigenvalue weighted by Crippen LogP contribution is 2.24. The smallest absolute Gasteiger partial charge is 0.269 e. The standard InChI is InChI=1S/C14H18N2O3S/c1-10-2-3-11(6-10)18-12-7-17-8-13(12)19-14(20)16-5-4-15-9-16/h2-5,9-13H,6-8H2,1H3/t10-,11+,12-,13?/m1/s1. The molecule has 1 aromatic rings. The fourth-order valence-electron chi connectivity index (χ4n) is 2.47. The van der Waals surface area contributed by atoms with Crippen molar-refractivity contribution in [2.45, 2.75) is 31.7 Å². The third-order valence-electron chi connectivity index (χ3n) is 3.55. The fourth-order valence-corrected chi connectivity index (χ4v) is 2.70. The molecule has 0 spiro atoms. The van der Waals surface area contributed by atoms with Crippen molar-refractivity contribution < 1.29 is 14.2 Å². The molecular formula is C14H18N2O3S. The number of hydrogen-bond acceptors (Lipinski definition) is 5. The van der Waals surface area contributed by atoms with Crippen molar-refractivity contribution in [1.82, 2.24) is 9.55 Å². The van der Waals surface area contributed by atoms with E-state index in [0.717, 1.165) is 6.42 Å². The summed E-state index contributed by atoms with van der Waals surface area (Å²) >= 11 is 5.24. The van der Waals surface area contributed by atoms with Crippen LogP contribution in [0.3, 0.4) is 0 Å². The molecule has 0 bridgehead atoms. The minimum Gasteiger partial charge on any atom is -0.462 e. The van der Waals surface area contributed by atoms with Gasteiger partial charge >= 0.3 is 0 Å². The third kappa shape index (κ3) is 3.08. The van der Waals surface area contributed by atoms with Crippen LogP contribution in [0.2, 0.25) is 0 Å². The van der Waals surface area contributed by atoms with Gasteiger partial charge < -0.3 is 14.2 Å². The van der Waals surface area contributed by atoms with E-state index < -0.39 is 0 Å². The number of rotatable bonds is 3. The van der Waals surface area contributed by atoms with E-state index in [9.17, 15) is 0 Å². The summed E-state index contributed by atoms with van der Waals surface area (Å²) in [4.78, 5) is 3.95. The Balaban J connectivity index is 1.56. The Morgan fingerprint density at radius 2 is 2.20 bits per heavy atom. The molecule has 108 valence electrons. The first kappa shape index (κ1) is 13.7. The number of imidazole rings is 1. The highest BCUT2D eigenvalue weighted by Gasteiger charge is 2.34. The van der Waals surface area contributed by atoms with Crippen molar-refractivity contribution in [3.05, 3.63) is 30.9 Å². The summed E-state index contributed by atoms with van der Waals surface area (Å²) in [6, 6.07) is 0. The van der Waals surface area contributed by atoms with Crippen LogP contribution in [0.1, 0.15) is 13.3 Å². The lowest BCUT2D eigenvalue weighted by atomic mass is 10.1. The summed E-state index contributed by atoms with van der Waals surface area (Å²) in [5.41, 5.74) is 0. The van der Waals surface area contributed by atoms with Crippen molar-refractivity contribution in [3.8, 4) is 0 Å². The maximum atomic E-state index is 6.05. The van der Waals surface area contributed by atoms with Crippen LogP contribution in [-0.4, -0.2) is 46.3 Å². The van der Waals surface area contributed by atoms with Crippen LogP contribution in [0.25, 0.3) is 0 Å². The lowest BCUT2D eigenvalue weighted by Gasteiger charge is -2.23. The van der Waals surface area contributed by atoms with E-state index in [2.05, 4.69) is 24.1 Å². The van der Waals surface area contributed by atoms with Crippen molar-refractivity contribution in [3.63, 3.8) is 0 Å². The quantitative estimate of drug-likeness (QED) is 0.628. The van der Waals surface area contributed by atoms with Crippen LogP contribution in [0, 0.1) is 5.92 Å². The van der Waals surface area contributed by atoms with Crippen molar-refractivity contribution in [1.29, 1.82) is 0 Å². The third-order valence-corrected chi connectivity index (χ3v) is 3.86. The zero-order valence-corrected chi connectivity index (χ0v) is 12.2. The summed E-state index contributed by atoms with van der Waals surface area (Å²) in [6.45, 7) is 3.24. The van der Waals surface area contributed by atoms with E-state index in [4.69, 9.17) is 26.4 Å². The highest BCUT2D eigenvalue weighted by molar-refractivity contribution is 7.80. The maximum absolute atomic E-state index is 6.05. The van der Waals surface area contributed by atoms with Gasteiger partial charge in [0.1, 0.15) is 12.4 Å². The number of aromatic nitrogens is 2. The largest absolute Gasteiger partial charge is 0.462 e. The van der Waals surface area contributed by atoms with Crippen molar-refractivity contribution in [2.24, 2.45) is 5.92 Å². The molecule has 1 aliphatic heterocycles. The van der Waals surface area contributed by atoms with Gasteiger partial charge in [-0.1, -0.05) is 19.1 Å². The molecule has 0 saturated carbocycles. The molecule has 1 unspecified atom stereocenters. The van der Waals surface area contributed by atoms with Crippen LogP contribution in [0.5, 0.6) is 0 Å². The molecule has 2 aliphatic rings. The van der Waals surface area contributed by atoms with Gasteiger partial charge in [0.25, 0.3) is 5.17 Å². The molecular weight excluding hydrogens is 276 g/mol. The van der Waals surface area contributed by atoms with Gasteiger partial charge in [-0.2, -0.15) is 0 Å². The van der Waals surface area contributed by atoms with Gasteiger partial charge in [-0.05, 0) is 24.6 Å². The fraction of sp³-hybridized carbons (Fsp3) is 0.571. The van der Waals surface area contributed by atoms with E-state index in [0.29, 0.717) is 24.3 Å². The summed E-state index contributed by atoms with van der Waals surface area (Å²) in [5.74, 6) is 0.578. The molecule has 1 saturated heterocycles. The maximum Gasteiger partial charge on any atom is 0.269 e. The molecule has 6 heteroatoms. The van der Waals surface area contributed by atoms with Crippen LogP contribution < -0.4 is 0 Å². The number of hydrogen-bond donors (Lipinski definition) is 0. The Labute approximate surface area is 123 Å². The SMILES string of the molecule is C[C@@H]1C=C[C@H](O[C@@H]2COCC2OC(=S)n2ccnc2)C1. The normalized spacial score (nSPS) is 32.6. The Morgan fingerprint density at radius 1 is 1.35 bits per heavy atom. The first-order chi connectivity index (χ1) is 9.72. The van der Waals surface area contributed by atoms with Crippen LogP contribution >= 0.6 is 12.2 Å². The van der Waals surface area contributed by atoms with Gasteiger partial charge in [0.15, 0.2) is 6.10 Å². The molecule has 0 N–H and O–H groups in total. The van der Waals surface area contributed by atoms with Gasteiger partial charge in [0.05, 0.1) is 19.3 Å². The summed E-state index contributed by atoms with van der Waals surface area (Å²) in [5, 5.41) is 0.377. The minimum absolute atomic E-state index is 0.0728. The average molecular weight is 294 g/mol. The van der Waals surface area contributed by atoms with E-state index >= 15 is 0 Å². The number of nitrogens with zero attached hydrogens (tertiary/aromatic N) is 2. The topological polar surface area (TPSA) is 45.5 Å². The van der Waals surface area contributed by atoms with E-state index in [1.807, 2.05) is 0 Å². The second-order valence-corrected chi connectivity index (χ2v) is 5.59. The zero-order chi connectivity index (χ0) is 13.9. The Morgan fingerprint density at radius 3 is 2.90 bits per heavy atom. The lowest BCUT2D eigenvalue weighted by Crippen LogP contribution is -2.35. The monoisotopic (exact) mass is 294 g/mol. The van der Waals surface area contributed by atoms with Gasteiger partial charge in [0.2, 0.25) is 0 Å². The Bertz CT molecular complexity index is 489. The lowest BCUT2D eigenvalue weighted by molar-refractivity contribution is -0.0349. The molecule has 0 aromatic carbocycles. The second-order valence-electron chi connectivity index (χ2n) is 5.24. The molecule has 2 heterocycles. The molecule has 3 rings (SSSR count). The average Bonchev–Trinajstić information content (AvgIpc) is 3.13. The van der Waals surface area contributed by atoms with E-state index in [-0.39, 0.29) is 18.3 Å². The summed E-state index contributed by atoms with van der Waals surface area (Å²) in [6.07, 6.45) is 10.3. The van der Waals surface area contributed by atoms with E-state index in [1.54, 1.807) is 23.3 Å². The van der Waals surface area contributed by atoms with Gasteiger partial charge in [-0.3, -0.25) is 4.57 Å². The molecule has 4 atom stereocenters. The molecule has 1 fully saturated rings. The molecule has 0 amide bonds. The highest BCUT2D eigenvalue weighted by atomic mass is 32.1. The van der Waals surface area contributed by atoms with Gasteiger partial charge in [-0.15, -0.1) is 0 Å². The zero-order valence-electron chi connectivity index (χ0n) is 11.3. The minimum atomic E-state index is -0.158. The second kappa shape index (κ2) is 6.03. The van der Waals surface area contributed by atoms with Crippen LogP contribution in [0.4, 0.5) is 0 Å². The van der Waals surface area contributed by atoms with Crippen molar-refractivity contribution in [2.75, 3.05) is 13.2 Å². The first-order valence-electron chi connectivity index (χ1n) is 6.83. The molecule has 0 radical (unpaired) electrons. The predicted molar refractivity (Wildman–Crippen MR) is 77.5 cm³/mol. The predicted octanol–water partition coefficient (Wildman–Crippen LogP) is 1.78. The number of ether oxygens (including phenoxy) is 3. The number of thiocarbonyl (C=S) groups is 1. The summed E-state index contributed by atoms with van der Waals surface area (Å²) in [7, 11) is 0. The van der Waals surface area contributed by atoms with Crippen LogP contribution in [0.15, 0.2) is 30.9 Å². The first-order valence-corrected chi connectivity index (χ1v) is 7.23. The van der Waals surface area contributed by atoms with Gasteiger partial charge in [-0.25, -0.2) is 4.98 Å². The summed E-state index contributed by atoms with van der Waals surface area (Å²) < 4.78 is 19.0. The molecule has 20 heavy (non-hydrogen) atoms. The molecule has 1 aromatic heterocycles.